The normalized spacial score (nSPS) is 10.3. The molecule has 0 radical (unpaired) electrons. The fraction of sp³-hybridized carbons (Fsp3) is 0.105. The number of aryl methyl sites for hydroxylation is 1. The number of aromatic nitrogens is 1. The molecule has 1 amide bonds. The van der Waals surface area contributed by atoms with Crippen LogP contribution in [0.3, 0.4) is 0 Å². The van der Waals surface area contributed by atoms with Crippen LogP contribution in [0, 0.1) is 6.92 Å². The maximum absolute atomic E-state index is 12.0. The third kappa shape index (κ3) is 4.30. The molecular formula is C19H16N2O3S. The topological polar surface area (TPSA) is 68.3 Å². The molecule has 0 fully saturated rings. The molecule has 0 bridgehead atoms. The van der Waals surface area contributed by atoms with Crippen LogP contribution in [0.4, 0.5) is 5.13 Å². The van der Waals surface area contributed by atoms with E-state index in [9.17, 15) is 9.59 Å². The van der Waals surface area contributed by atoms with Crippen LogP contribution < -0.4 is 5.32 Å². The summed E-state index contributed by atoms with van der Waals surface area (Å²) in [6.45, 7) is 1.60. The summed E-state index contributed by atoms with van der Waals surface area (Å²) in [5, 5.41) is 3.15. The van der Waals surface area contributed by atoms with Gasteiger partial charge in [-0.1, -0.05) is 48.5 Å². The van der Waals surface area contributed by atoms with Crippen molar-refractivity contribution in [2.75, 3.05) is 11.9 Å². The van der Waals surface area contributed by atoms with E-state index in [2.05, 4.69) is 10.3 Å². The van der Waals surface area contributed by atoms with E-state index in [0.717, 1.165) is 16.1 Å². The number of anilines is 1. The smallest absolute Gasteiger partial charge is 0.338 e. The lowest BCUT2D eigenvalue weighted by Gasteiger charge is -2.04. The van der Waals surface area contributed by atoms with Crippen molar-refractivity contribution < 1.29 is 14.3 Å². The molecule has 1 aromatic heterocycles. The van der Waals surface area contributed by atoms with Gasteiger partial charge in [-0.15, -0.1) is 11.3 Å². The van der Waals surface area contributed by atoms with Crippen molar-refractivity contribution in [2.24, 2.45) is 0 Å². The zero-order valence-electron chi connectivity index (χ0n) is 13.6. The van der Waals surface area contributed by atoms with Crippen molar-refractivity contribution in [2.45, 2.75) is 6.92 Å². The lowest BCUT2D eigenvalue weighted by molar-refractivity contribution is -0.119. The molecule has 2 aromatic carbocycles. The molecule has 0 atom stereocenters. The molecule has 0 aliphatic heterocycles. The monoisotopic (exact) mass is 352 g/mol. The minimum absolute atomic E-state index is 0.354. The number of carbonyl (C=O) groups is 2. The van der Waals surface area contributed by atoms with Gasteiger partial charge in [0.05, 0.1) is 11.3 Å². The second-order valence-electron chi connectivity index (χ2n) is 5.28. The summed E-state index contributed by atoms with van der Waals surface area (Å²) < 4.78 is 5.01. The van der Waals surface area contributed by atoms with Crippen molar-refractivity contribution in [3.63, 3.8) is 0 Å². The largest absolute Gasteiger partial charge is 0.452 e. The van der Waals surface area contributed by atoms with E-state index in [1.807, 2.05) is 37.3 Å². The van der Waals surface area contributed by atoms with E-state index >= 15 is 0 Å². The quantitative estimate of drug-likeness (QED) is 0.707. The maximum Gasteiger partial charge on any atom is 0.338 e. The van der Waals surface area contributed by atoms with E-state index in [-0.39, 0.29) is 6.61 Å². The van der Waals surface area contributed by atoms with Gasteiger partial charge in [0.25, 0.3) is 5.91 Å². The molecule has 25 heavy (non-hydrogen) atoms. The van der Waals surface area contributed by atoms with Crippen LogP contribution in [-0.4, -0.2) is 23.5 Å². The Bertz CT molecular complexity index is 876. The van der Waals surface area contributed by atoms with Gasteiger partial charge in [-0.3, -0.25) is 10.1 Å². The molecule has 1 N–H and O–H groups in total. The number of nitrogens with zero attached hydrogens (tertiary/aromatic N) is 1. The zero-order chi connectivity index (χ0) is 17.6. The summed E-state index contributed by atoms with van der Waals surface area (Å²) >= 11 is 1.38. The van der Waals surface area contributed by atoms with E-state index in [1.54, 1.807) is 30.3 Å². The minimum atomic E-state index is -0.531. The molecule has 0 spiro atoms. The third-order valence-corrected chi connectivity index (χ3v) is 4.32. The highest BCUT2D eigenvalue weighted by Gasteiger charge is 2.14. The number of hydrogen-bond donors (Lipinski definition) is 1. The predicted octanol–water partition coefficient (Wildman–Crippen LogP) is 3.91. The Morgan fingerprint density at radius 3 is 2.36 bits per heavy atom. The Balaban J connectivity index is 1.59. The van der Waals surface area contributed by atoms with Crippen LogP contribution in [0.5, 0.6) is 0 Å². The van der Waals surface area contributed by atoms with Crippen LogP contribution in [0.1, 0.15) is 15.2 Å². The third-order valence-electron chi connectivity index (χ3n) is 3.43. The zero-order valence-corrected chi connectivity index (χ0v) is 14.4. The molecule has 3 rings (SSSR count). The number of nitrogens with one attached hydrogen (secondary N) is 1. The molecule has 126 valence electrons. The van der Waals surface area contributed by atoms with Crippen LogP contribution in [-0.2, 0) is 9.53 Å². The molecule has 3 aromatic rings. The Morgan fingerprint density at radius 2 is 1.68 bits per heavy atom. The van der Waals surface area contributed by atoms with Gasteiger partial charge in [-0.05, 0) is 19.1 Å². The van der Waals surface area contributed by atoms with E-state index in [4.69, 9.17) is 4.74 Å². The van der Waals surface area contributed by atoms with E-state index < -0.39 is 11.9 Å². The van der Waals surface area contributed by atoms with Crippen LogP contribution in [0.25, 0.3) is 11.3 Å². The van der Waals surface area contributed by atoms with Gasteiger partial charge >= 0.3 is 5.97 Å². The number of benzene rings is 2. The second kappa shape index (κ2) is 7.72. The van der Waals surface area contributed by atoms with E-state index in [1.165, 1.54) is 11.3 Å². The molecule has 0 aliphatic carbocycles. The Hall–Kier alpha value is -2.99. The number of carbonyl (C=O) groups excluding carboxylic acids is 2. The summed E-state index contributed by atoms with van der Waals surface area (Å²) in [5.74, 6) is -0.950. The Morgan fingerprint density at radius 1 is 1.04 bits per heavy atom. The number of hydrogen-bond acceptors (Lipinski definition) is 5. The van der Waals surface area contributed by atoms with Crippen molar-refractivity contribution in [3.05, 3.63) is 71.1 Å². The summed E-state index contributed by atoms with van der Waals surface area (Å²) in [6, 6.07) is 18.3. The SMILES string of the molecule is Cc1sc(NC(=O)COC(=O)c2ccccc2)nc1-c1ccccc1. The van der Waals surface area contributed by atoms with Gasteiger partial charge in [-0.2, -0.15) is 0 Å². The number of amides is 1. The van der Waals surface area contributed by atoms with Gasteiger partial charge < -0.3 is 4.74 Å². The average molecular weight is 352 g/mol. The molecule has 6 heteroatoms. The molecule has 5 nitrogen and oxygen atoms in total. The lowest BCUT2D eigenvalue weighted by Crippen LogP contribution is -2.20. The number of thiazole rings is 1. The number of rotatable bonds is 5. The van der Waals surface area contributed by atoms with Crippen LogP contribution in [0.2, 0.25) is 0 Å². The first kappa shape index (κ1) is 16.9. The maximum atomic E-state index is 12.0. The van der Waals surface area contributed by atoms with Gasteiger partial charge in [-0.25, -0.2) is 9.78 Å². The fourth-order valence-electron chi connectivity index (χ4n) is 2.26. The van der Waals surface area contributed by atoms with Crippen molar-refractivity contribution in [3.8, 4) is 11.3 Å². The van der Waals surface area contributed by atoms with Gasteiger partial charge in [0.1, 0.15) is 0 Å². The highest BCUT2D eigenvalue weighted by atomic mass is 32.1. The molecule has 0 saturated carbocycles. The molecule has 0 aliphatic rings. The summed E-state index contributed by atoms with van der Waals surface area (Å²) in [5.41, 5.74) is 2.24. The van der Waals surface area contributed by atoms with Gasteiger partial charge in [0.2, 0.25) is 0 Å². The minimum Gasteiger partial charge on any atom is -0.452 e. The number of ether oxygens (including phenoxy) is 1. The van der Waals surface area contributed by atoms with Crippen LogP contribution >= 0.6 is 11.3 Å². The van der Waals surface area contributed by atoms with Crippen molar-refractivity contribution >= 4 is 28.3 Å². The van der Waals surface area contributed by atoms with E-state index in [0.29, 0.717) is 10.7 Å². The standard InChI is InChI=1S/C19H16N2O3S/c1-13-17(14-8-4-2-5-9-14)21-19(25-13)20-16(22)12-24-18(23)15-10-6-3-7-11-15/h2-11H,12H2,1H3,(H,20,21,22). The summed E-state index contributed by atoms with van der Waals surface area (Å²) in [7, 11) is 0. The summed E-state index contributed by atoms with van der Waals surface area (Å²) in [4.78, 5) is 29.3. The first-order valence-corrected chi connectivity index (χ1v) is 8.50. The predicted molar refractivity (Wildman–Crippen MR) is 97.6 cm³/mol. The summed E-state index contributed by atoms with van der Waals surface area (Å²) in [6.07, 6.45) is 0. The van der Waals surface area contributed by atoms with Gasteiger partial charge in [0.15, 0.2) is 11.7 Å². The molecule has 1 heterocycles. The average Bonchev–Trinajstić information content (AvgIpc) is 3.01. The highest BCUT2D eigenvalue weighted by molar-refractivity contribution is 7.16. The molecule has 0 saturated heterocycles. The fourth-order valence-corrected chi connectivity index (χ4v) is 3.11. The number of esters is 1. The van der Waals surface area contributed by atoms with Crippen molar-refractivity contribution in [1.29, 1.82) is 0 Å². The second-order valence-corrected chi connectivity index (χ2v) is 6.48. The van der Waals surface area contributed by atoms with Gasteiger partial charge in [0, 0.05) is 10.4 Å². The Kier molecular flexibility index (Phi) is 5.20. The highest BCUT2D eigenvalue weighted by Crippen LogP contribution is 2.30. The lowest BCUT2D eigenvalue weighted by atomic mass is 10.1. The first-order valence-electron chi connectivity index (χ1n) is 7.68. The first-order chi connectivity index (χ1) is 12.1. The van der Waals surface area contributed by atoms with Crippen LogP contribution in [0.15, 0.2) is 60.7 Å². The Labute approximate surface area is 149 Å². The molecular weight excluding hydrogens is 336 g/mol. The van der Waals surface area contributed by atoms with Crippen molar-refractivity contribution in [1.82, 2.24) is 4.98 Å². The molecule has 0 unspecified atom stereocenters.